The molecule has 0 saturated heterocycles. The highest BCUT2D eigenvalue weighted by molar-refractivity contribution is 7.13. The normalized spacial score (nSPS) is 9.87. The van der Waals surface area contributed by atoms with Crippen LogP contribution in [0.15, 0.2) is 28.8 Å². The number of hydrogen-bond acceptors (Lipinski definition) is 5. The molecule has 0 aromatic carbocycles. The van der Waals surface area contributed by atoms with Crippen molar-refractivity contribution in [3.05, 3.63) is 39.8 Å². The number of carbonyl (C=O) groups is 1. The number of H-pyrrole nitrogens is 1. The lowest BCUT2D eigenvalue weighted by Crippen LogP contribution is -2.20. The van der Waals surface area contributed by atoms with Gasteiger partial charge in [-0.15, -0.1) is 10.2 Å². The molecule has 2 aromatic heterocycles. The average molecular weight is 222 g/mol. The third-order valence-electron chi connectivity index (χ3n) is 1.65. The molecule has 0 unspecified atom stereocenters. The molecule has 0 spiro atoms. The highest BCUT2D eigenvalue weighted by atomic mass is 32.1. The van der Waals surface area contributed by atoms with Crippen LogP contribution in [0.25, 0.3) is 0 Å². The summed E-state index contributed by atoms with van der Waals surface area (Å²) in [5.41, 5.74) is 1.20. The zero-order chi connectivity index (χ0) is 10.7. The Morgan fingerprint density at radius 2 is 2.40 bits per heavy atom. The topological polar surface area (TPSA) is 87.7 Å². The third-order valence-corrected chi connectivity index (χ3v) is 2.26. The van der Waals surface area contributed by atoms with Crippen LogP contribution >= 0.6 is 11.3 Å². The Balaban J connectivity index is 2.23. The molecule has 15 heavy (non-hydrogen) atoms. The Labute approximate surface area is 88.0 Å². The lowest BCUT2D eigenvalue weighted by molar-refractivity contribution is 0.102. The lowest BCUT2D eigenvalue weighted by atomic mass is 10.2. The van der Waals surface area contributed by atoms with Crippen LogP contribution in [0.1, 0.15) is 10.4 Å². The van der Waals surface area contributed by atoms with Crippen LogP contribution in [-0.4, -0.2) is 21.1 Å². The second-order valence-electron chi connectivity index (χ2n) is 2.62. The molecule has 1 amide bonds. The van der Waals surface area contributed by atoms with E-state index in [4.69, 9.17) is 0 Å². The molecule has 2 heterocycles. The second-order valence-corrected chi connectivity index (χ2v) is 3.45. The molecule has 2 N–H and O–H groups in total. The van der Waals surface area contributed by atoms with Crippen LogP contribution in [0.2, 0.25) is 0 Å². The molecular weight excluding hydrogens is 216 g/mol. The van der Waals surface area contributed by atoms with Crippen LogP contribution in [0.4, 0.5) is 5.13 Å². The number of nitrogens with one attached hydrogen (secondary N) is 2. The smallest absolute Gasteiger partial charge is 0.262 e. The molecule has 0 bridgehead atoms. The maximum Gasteiger partial charge on any atom is 0.262 e. The minimum Gasteiger partial charge on any atom is -0.367 e. The Hall–Kier alpha value is -2.02. The van der Waals surface area contributed by atoms with Crippen molar-refractivity contribution in [2.45, 2.75) is 0 Å². The number of nitrogens with zero attached hydrogens (tertiary/aromatic N) is 2. The fourth-order valence-corrected chi connectivity index (χ4v) is 1.43. The summed E-state index contributed by atoms with van der Waals surface area (Å²) in [6.07, 6.45) is 2.81. The number of hydrogen-bond donors (Lipinski definition) is 2. The monoisotopic (exact) mass is 222 g/mol. The van der Waals surface area contributed by atoms with E-state index in [1.54, 1.807) is 0 Å². The first-order valence-corrected chi connectivity index (χ1v) is 4.90. The van der Waals surface area contributed by atoms with E-state index in [9.17, 15) is 9.59 Å². The third kappa shape index (κ3) is 2.08. The van der Waals surface area contributed by atoms with Gasteiger partial charge in [-0.1, -0.05) is 11.3 Å². The molecule has 2 aromatic rings. The first kappa shape index (κ1) is 9.53. The van der Waals surface area contributed by atoms with Gasteiger partial charge in [0.1, 0.15) is 11.1 Å². The number of amides is 1. The van der Waals surface area contributed by atoms with Gasteiger partial charge in [0.25, 0.3) is 5.91 Å². The van der Waals surface area contributed by atoms with Gasteiger partial charge in [0.2, 0.25) is 5.13 Å². The summed E-state index contributed by atoms with van der Waals surface area (Å²) in [7, 11) is 0. The van der Waals surface area contributed by atoms with Crippen LogP contribution in [-0.2, 0) is 0 Å². The number of anilines is 1. The molecule has 2 rings (SSSR count). The van der Waals surface area contributed by atoms with Crippen molar-refractivity contribution < 1.29 is 4.79 Å². The van der Waals surface area contributed by atoms with Gasteiger partial charge in [0.15, 0.2) is 5.43 Å². The number of carbonyl (C=O) groups excluding carboxylic acids is 1. The zero-order valence-corrected chi connectivity index (χ0v) is 8.25. The van der Waals surface area contributed by atoms with Crippen molar-refractivity contribution in [1.29, 1.82) is 0 Å². The van der Waals surface area contributed by atoms with Gasteiger partial charge in [-0.05, 0) is 0 Å². The molecule has 0 radical (unpaired) electrons. The molecule has 0 fully saturated rings. The molecule has 0 aliphatic heterocycles. The molecule has 6 nitrogen and oxygen atoms in total. The van der Waals surface area contributed by atoms with E-state index in [0.717, 1.165) is 0 Å². The molecule has 0 aliphatic rings. The maximum absolute atomic E-state index is 11.5. The predicted octanol–water partition coefficient (Wildman–Crippen LogP) is 0.479. The van der Waals surface area contributed by atoms with Crippen molar-refractivity contribution in [2.24, 2.45) is 0 Å². The van der Waals surface area contributed by atoms with Crippen molar-refractivity contribution in [3.63, 3.8) is 0 Å². The van der Waals surface area contributed by atoms with Gasteiger partial charge < -0.3 is 4.98 Å². The Kier molecular flexibility index (Phi) is 2.55. The standard InChI is InChI=1S/C8H6N4O2S/c13-6-1-2-9-3-5(6)7(14)11-8-12-10-4-15-8/h1-4H,(H,9,13)(H,11,12,14). The van der Waals surface area contributed by atoms with Gasteiger partial charge in [0.05, 0.1) is 0 Å². The van der Waals surface area contributed by atoms with Gasteiger partial charge in [-0.25, -0.2) is 0 Å². The first-order valence-electron chi connectivity index (χ1n) is 4.02. The first-order chi connectivity index (χ1) is 7.27. The number of aromatic amines is 1. The van der Waals surface area contributed by atoms with Crippen LogP contribution < -0.4 is 10.7 Å². The van der Waals surface area contributed by atoms with E-state index in [1.165, 1.54) is 35.3 Å². The summed E-state index contributed by atoms with van der Waals surface area (Å²) in [6.45, 7) is 0. The molecule has 7 heteroatoms. The van der Waals surface area contributed by atoms with Crippen molar-refractivity contribution in [2.75, 3.05) is 5.32 Å². The van der Waals surface area contributed by atoms with Crippen LogP contribution in [0, 0.1) is 0 Å². The Morgan fingerprint density at radius 3 is 3.07 bits per heavy atom. The van der Waals surface area contributed by atoms with E-state index < -0.39 is 5.91 Å². The van der Waals surface area contributed by atoms with E-state index in [1.807, 2.05) is 0 Å². The SMILES string of the molecule is O=C(Nc1nncs1)c1c[nH]ccc1=O. The van der Waals surface area contributed by atoms with Crippen LogP contribution in [0.3, 0.4) is 0 Å². The molecule has 76 valence electrons. The number of pyridine rings is 1. The van der Waals surface area contributed by atoms with E-state index in [2.05, 4.69) is 20.5 Å². The fraction of sp³-hybridized carbons (Fsp3) is 0. The summed E-state index contributed by atoms with van der Waals surface area (Å²) in [4.78, 5) is 25.5. The summed E-state index contributed by atoms with van der Waals surface area (Å²) >= 11 is 1.19. The highest BCUT2D eigenvalue weighted by Crippen LogP contribution is 2.08. The average Bonchev–Trinajstić information content (AvgIpc) is 2.71. The highest BCUT2D eigenvalue weighted by Gasteiger charge is 2.10. The molecule has 0 saturated carbocycles. The van der Waals surface area contributed by atoms with E-state index in [-0.39, 0.29) is 11.0 Å². The minimum atomic E-state index is -0.492. The van der Waals surface area contributed by atoms with E-state index in [0.29, 0.717) is 5.13 Å². The lowest BCUT2D eigenvalue weighted by Gasteiger charge is -1.98. The quantitative estimate of drug-likeness (QED) is 0.773. The minimum absolute atomic E-state index is 0.0488. The zero-order valence-electron chi connectivity index (χ0n) is 7.43. The Bertz CT molecular complexity index is 519. The summed E-state index contributed by atoms with van der Waals surface area (Å²) in [6, 6.07) is 1.29. The maximum atomic E-state index is 11.5. The summed E-state index contributed by atoms with van der Waals surface area (Å²) in [5.74, 6) is -0.492. The van der Waals surface area contributed by atoms with E-state index >= 15 is 0 Å². The molecule has 0 aliphatic carbocycles. The predicted molar refractivity (Wildman–Crippen MR) is 54.9 cm³/mol. The van der Waals surface area contributed by atoms with Gasteiger partial charge in [-0.2, -0.15) is 0 Å². The fourth-order valence-electron chi connectivity index (χ4n) is 0.986. The summed E-state index contributed by atoms with van der Waals surface area (Å²) < 4.78 is 0. The Morgan fingerprint density at radius 1 is 1.53 bits per heavy atom. The van der Waals surface area contributed by atoms with Crippen molar-refractivity contribution >= 4 is 22.4 Å². The van der Waals surface area contributed by atoms with Crippen molar-refractivity contribution in [3.8, 4) is 0 Å². The van der Waals surface area contributed by atoms with Crippen LogP contribution in [0.5, 0.6) is 0 Å². The molecule has 0 atom stereocenters. The van der Waals surface area contributed by atoms with Crippen molar-refractivity contribution in [1.82, 2.24) is 15.2 Å². The van der Waals surface area contributed by atoms with Gasteiger partial charge >= 0.3 is 0 Å². The number of rotatable bonds is 2. The second kappa shape index (κ2) is 4.01. The number of aromatic nitrogens is 3. The molecular formula is C8H6N4O2S. The van der Waals surface area contributed by atoms with Gasteiger partial charge in [0, 0.05) is 18.5 Å². The van der Waals surface area contributed by atoms with Gasteiger partial charge in [-0.3, -0.25) is 14.9 Å². The summed E-state index contributed by atoms with van der Waals surface area (Å²) in [5, 5.41) is 10.0. The largest absolute Gasteiger partial charge is 0.367 e.